The molecule has 1 aromatic carbocycles. The van der Waals surface area contributed by atoms with Crippen molar-refractivity contribution in [1.29, 1.82) is 0 Å². The van der Waals surface area contributed by atoms with E-state index >= 15 is 0 Å². The van der Waals surface area contributed by atoms with Gasteiger partial charge in [0.15, 0.2) is 5.78 Å². The fourth-order valence-corrected chi connectivity index (χ4v) is 3.93. The second-order valence-corrected chi connectivity index (χ2v) is 7.26. The van der Waals surface area contributed by atoms with Crippen molar-refractivity contribution in [2.75, 3.05) is 13.7 Å². The van der Waals surface area contributed by atoms with Crippen molar-refractivity contribution >= 4 is 5.78 Å². The minimum atomic E-state index is -4.63. The summed E-state index contributed by atoms with van der Waals surface area (Å²) in [5.74, 6) is 1.28. The van der Waals surface area contributed by atoms with Crippen molar-refractivity contribution in [2.45, 2.75) is 45.4 Å². The van der Waals surface area contributed by atoms with E-state index in [4.69, 9.17) is 4.74 Å². The Kier molecular flexibility index (Phi) is 10.5. The summed E-state index contributed by atoms with van der Waals surface area (Å²) < 4.78 is 50.4. The molecule has 0 aliphatic heterocycles. The molecule has 1 aromatic rings. The summed E-state index contributed by atoms with van der Waals surface area (Å²) in [7, 11) is 4.43. The van der Waals surface area contributed by atoms with Gasteiger partial charge in [0.05, 0.1) is 12.7 Å². The van der Waals surface area contributed by atoms with Crippen molar-refractivity contribution in [3.8, 4) is 11.8 Å². The van der Waals surface area contributed by atoms with E-state index in [1.54, 1.807) is 0 Å². The number of alkyl halides is 3. The van der Waals surface area contributed by atoms with Gasteiger partial charge in [0.25, 0.3) is 0 Å². The molecule has 2 rings (SSSR count). The number of Topliss-reactive ketones (excluding diaryl/α,β-unsaturated/α-hetero) is 1. The van der Waals surface area contributed by atoms with E-state index in [-0.39, 0.29) is 45.7 Å². The molecule has 0 bridgehead atoms. The first kappa shape index (κ1) is 26.3. The van der Waals surface area contributed by atoms with E-state index in [2.05, 4.69) is 23.7 Å². The first-order chi connectivity index (χ1) is 13.2. The fraction of sp³-hybridized carbons (Fsp3) is 0.545. The van der Waals surface area contributed by atoms with Gasteiger partial charge in [-0.2, -0.15) is 13.2 Å². The van der Waals surface area contributed by atoms with E-state index < -0.39 is 35.8 Å². The molecule has 3 nitrogen and oxygen atoms in total. The third-order valence-electron chi connectivity index (χ3n) is 5.52. The SMILES string of the molecule is [CH2-]OCC#CC[C@H]1C(OC)C(C(F)(F)F)C(=O)[C@@H]1CCc1ccc(C)c(C)c1.[Y]. The van der Waals surface area contributed by atoms with Crippen LogP contribution in [-0.4, -0.2) is 31.8 Å². The molecule has 157 valence electrons. The van der Waals surface area contributed by atoms with Gasteiger partial charge in [-0.1, -0.05) is 24.1 Å². The molecule has 1 saturated carbocycles. The zero-order chi connectivity index (χ0) is 20.9. The number of methoxy groups -OCH3 is 1. The number of halogens is 3. The van der Waals surface area contributed by atoms with Crippen LogP contribution in [0.4, 0.5) is 13.2 Å². The van der Waals surface area contributed by atoms with Gasteiger partial charge in [-0.15, -0.1) is 5.92 Å². The Morgan fingerprint density at radius 3 is 2.41 bits per heavy atom. The van der Waals surface area contributed by atoms with Crippen LogP contribution < -0.4 is 0 Å². The summed E-state index contributed by atoms with van der Waals surface area (Å²) in [6.07, 6.45) is -4.82. The number of ketones is 1. The van der Waals surface area contributed by atoms with Crippen LogP contribution in [0.25, 0.3) is 0 Å². The molecule has 0 heterocycles. The largest absolute Gasteiger partial charge is 0.546 e. The zero-order valence-corrected chi connectivity index (χ0v) is 19.9. The molecular weight excluding hydrogens is 458 g/mol. The van der Waals surface area contributed by atoms with Gasteiger partial charge in [-0.3, -0.25) is 4.79 Å². The van der Waals surface area contributed by atoms with Crippen LogP contribution in [-0.2, 0) is 53.4 Å². The average Bonchev–Trinajstić information content (AvgIpc) is 2.91. The number of carbonyl (C=O) groups excluding carboxylic acids is 1. The Morgan fingerprint density at radius 2 is 1.86 bits per heavy atom. The summed E-state index contributed by atoms with van der Waals surface area (Å²) >= 11 is 0. The molecule has 2 unspecified atom stereocenters. The molecule has 1 aliphatic rings. The first-order valence-electron chi connectivity index (χ1n) is 9.22. The van der Waals surface area contributed by atoms with Crippen molar-refractivity contribution in [3.05, 3.63) is 42.0 Å². The Morgan fingerprint density at radius 1 is 1.17 bits per heavy atom. The molecule has 29 heavy (non-hydrogen) atoms. The van der Waals surface area contributed by atoms with Gasteiger partial charge < -0.3 is 9.47 Å². The quantitative estimate of drug-likeness (QED) is 0.443. The minimum absolute atomic E-state index is 0. The number of hydrogen-bond donors (Lipinski definition) is 0. The van der Waals surface area contributed by atoms with Crippen molar-refractivity contribution in [2.24, 2.45) is 17.8 Å². The monoisotopic (exact) mass is 484 g/mol. The predicted molar refractivity (Wildman–Crippen MR) is 100 cm³/mol. The number of benzene rings is 1. The molecule has 0 saturated heterocycles. The first-order valence-corrected chi connectivity index (χ1v) is 9.22. The maximum Gasteiger partial charge on any atom is 0.401 e. The zero-order valence-electron chi connectivity index (χ0n) is 17.0. The van der Waals surface area contributed by atoms with Gasteiger partial charge in [-0.25, -0.2) is 7.11 Å². The summed E-state index contributed by atoms with van der Waals surface area (Å²) in [5.41, 5.74) is 3.28. The van der Waals surface area contributed by atoms with Crippen LogP contribution in [0.5, 0.6) is 0 Å². The fourth-order valence-electron chi connectivity index (χ4n) is 3.93. The van der Waals surface area contributed by atoms with E-state index in [1.807, 2.05) is 32.0 Å². The van der Waals surface area contributed by atoms with Crippen molar-refractivity contribution in [3.63, 3.8) is 0 Å². The Balaban J connectivity index is 0.00000420. The molecule has 1 radical (unpaired) electrons. The second kappa shape index (κ2) is 11.6. The second-order valence-electron chi connectivity index (χ2n) is 7.26. The average molecular weight is 484 g/mol. The predicted octanol–water partition coefficient (Wildman–Crippen LogP) is 4.44. The van der Waals surface area contributed by atoms with Gasteiger partial charge in [0.2, 0.25) is 0 Å². The Labute approximate surface area is 196 Å². The number of aryl methyl sites for hydroxylation is 3. The van der Waals surface area contributed by atoms with Crippen molar-refractivity contribution < 1.29 is 60.1 Å². The smallest absolute Gasteiger partial charge is 0.401 e. The molecule has 0 spiro atoms. The van der Waals surface area contributed by atoms with Gasteiger partial charge in [-0.05, 0) is 43.4 Å². The van der Waals surface area contributed by atoms with Gasteiger partial charge >= 0.3 is 6.18 Å². The number of ether oxygens (including phenoxy) is 2. The topological polar surface area (TPSA) is 35.5 Å². The standard InChI is InChI=1S/C22H26F3O3.Y/c1-14-8-9-16(13-15(14)2)10-11-17-18(7-5-6-12-27-3)21(28-4)19(20(17)26)22(23,24)25;/h8-9,13,17-19,21H,3,7,10-12H2,1-2,4H3;/q-1;/t17-,18-,19?,21?;/m1./s1. The summed E-state index contributed by atoms with van der Waals surface area (Å²) in [6, 6.07) is 5.96. The summed E-state index contributed by atoms with van der Waals surface area (Å²) in [4.78, 5) is 12.7. The van der Waals surface area contributed by atoms with Crippen LogP contribution in [0.1, 0.15) is 29.5 Å². The van der Waals surface area contributed by atoms with Gasteiger partial charge in [0.1, 0.15) is 5.92 Å². The summed E-state index contributed by atoms with van der Waals surface area (Å²) in [5, 5.41) is 0. The molecule has 1 aliphatic carbocycles. The maximum absolute atomic E-state index is 13.5. The van der Waals surface area contributed by atoms with Crippen LogP contribution in [0.2, 0.25) is 0 Å². The minimum Gasteiger partial charge on any atom is -0.546 e. The van der Waals surface area contributed by atoms with Crippen LogP contribution in [0.3, 0.4) is 0 Å². The number of carbonyl (C=O) groups is 1. The van der Waals surface area contributed by atoms with Gasteiger partial charge in [0, 0.05) is 58.1 Å². The molecule has 0 N–H and O–H groups in total. The Hall–Kier alpha value is -0.736. The third-order valence-corrected chi connectivity index (χ3v) is 5.52. The van der Waals surface area contributed by atoms with Crippen LogP contribution in [0.15, 0.2) is 18.2 Å². The maximum atomic E-state index is 13.5. The third kappa shape index (κ3) is 6.62. The van der Waals surface area contributed by atoms with E-state index in [1.165, 1.54) is 7.11 Å². The molecule has 0 aromatic heterocycles. The van der Waals surface area contributed by atoms with Crippen LogP contribution >= 0.6 is 0 Å². The molecule has 7 heteroatoms. The molecule has 4 atom stereocenters. The molecular formula is C22H26F3O3Y-. The van der Waals surface area contributed by atoms with E-state index in [0.717, 1.165) is 16.7 Å². The normalized spacial score (nSPS) is 24.0. The number of rotatable bonds is 6. The van der Waals surface area contributed by atoms with E-state index in [0.29, 0.717) is 12.8 Å². The molecule has 0 amide bonds. The number of hydrogen-bond acceptors (Lipinski definition) is 3. The molecule has 1 fully saturated rings. The van der Waals surface area contributed by atoms with Crippen LogP contribution in [0, 0.1) is 50.6 Å². The van der Waals surface area contributed by atoms with E-state index in [9.17, 15) is 18.0 Å². The summed E-state index contributed by atoms with van der Waals surface area (Å²) in [6.45, 7) is 4.08. The van der Waals surface area contributed by atoms with Crippen molar-refractivity contribution in [1.82, 2.24) is 0 Å². The Bertz CT molecular complexity index is 752.